The maximum absolute atomic E-state index is 12.9. The third-order valence-electron chi connectivity index (χ3n) is 5.41. The summed E-state index contributed by atoms with van der Waals surface area (Å²) in [7, 11) is 1.64. The number of hydrogen-bond acceptors (Lipinski definition) is 7. The Labute approximate surface area is 208 Å². The number of anilines is 1. The van der Waals surface area contributed by atoms with Crippen molar-refractivity contribution in [2.24, 2.45) is 0 Å². The van der Waals surface area contributed by atoms with Crippen LogP contribution in [0.3, 0.4) is 0 Å². The van der Waals surface area contributed by atoms with Crippen molar-refractivity contribution in [3.63, 3.8) is 0 Å². The molecule has 2 aromatic carbocycles. The average Bonchev–Trinajstić information content (AvgIpc) is 3.34. The van der Waals surface area contributed by atoms with Gasteiger partial charge in [0.15, 0.2) is 11.5 Å². The van der Waals surface area contributed by atoms with Gasteiger partial charge < -0.3 is 24.8 Å². The highest BCUT2D eigenvalue weighted by atomic mass is 32.2. The van der Waals surface area contributed by atoms with Gasteiger partial charge in [-0.3, -0.25) is 9.59 Å². The van der Waals surface area contributed by atoms with Crippen molar-refractivity contribution in [1.29, 1.82) is 0 Å². The van der Waals surface area contributed by atoms with Crippen molar-refractivity contribution in [2.75, 3.05) is 25.0 Å². The van der Waals surface area contributed by atoms with E-state index in [0.717, 1.165) is 18.6 Å². The fourth-order valence-corrected chi connectivity index (χ4v) is 4.32. The van der Waals surface area contributed by atoms with E-state index in [1.54, 1.807) is 43.6 Å². The number of nitrogens with zero attached hydrogens (tertiary/aromatic N) is 1. The number of amides is 2. The largest absolute Gasteiger partial charge is 0.497 e. The first kappa shape index (κ1) is 24.4. The summed E-state index contributed by atoms with van der Waals surface area (Å²) in [5.74, 6) is 1.76. The molecule has 182 valence electrons. The van der Waals surface area contributed by atoms with E-state index in [1.807, 2.05) is 31.2 Å². The van der Waals surface area contributed by atoms with Gasteiger partial charge in [0, 0.05) is 24.0 Å². The highest BCUT2D eigenvalue weighted by Crippen LogP contribution is 2.34. The number of thioether (sulfide) groups is 1. The Hall–Kier alpha value is -3.72. The second-order valence-electron chi connectivity index (χ2n) is 8.02. The van der Waals surface area contributed by atoms with E-state index < -0.39 is 0 Å². The molecule has 2 amide bonds. The third kappa shape index (κ3) is 6.66. The average molecular weight is 494 g/mol. The molecule has 0 saturated heterocycles. The van der Waals surface area contributed by atoms with Gasteiger partial charge >= 0.3 is 0 Å². The predicted molar refractivity (Wildman–Crippen MR) is 134 cm³/mol. The van der Waals surface area contributed by atoms with Crippen LogP contribution in [0.2, 0.25) is 0 Å². The van der Waals surface area contributed by atoms with Gasteiger partial charge in [0.25, 0.3) is 5.91 Å². The van der Waals surface area contributed by atoms with Crippen LogP contribution in [0, 0.1) is 0 Å². The van der Waals surface area contributed by atoms with Crippen molar-refractivity contribution >= 4 is 29.3 Å². The summed E-state index contributed by atoms with van der Waals surface area (Å²) >= 11 is 1.22. The van der Waals surface area contributed by atoms with Crippen LogP contribution in [0.4, 0.5) is 5.69 Å². The molecule has 1 atom stereocenters. The van der Waals surface area contributed by atoms with Gasteiger partial charge in [0.1, 0.15) is 10.8 Å². The summed E-state index contributed by atoms with van der Waals surface area (Å²) in [5, 5.41) is 6.38. The number of hydrogen-bond donors (Lipinski definition) is 2. The van der Waals surface area contributed by atoms with Crippen molar-refractivity contribution < 1.29 is 23.8 Å². The molecule has 0 spiro atoms. The van der Waals surface area contributed by atoms with Crippen molar-refractivity contribution in [3.05, 3.63) is 71.9 Å². The first-order valence-electron chi connectivity index (χ1n) is 11.2. The molecule has 9 heteroatoms. The monoisotopic (exact) mass is 493 g/mol. The fraction of sp³-hybridized carbons (Fsp3) is 0.269. The maximum atomic E-state index is 12.9. The van der Waals surface area contributed by atoms with Crippen LogP contribution in [-0.2, 0) is 11.2 Å². The molecule has 1 aromatic heterocycles. The Morgan fingerprint density at radius 2 is 1.91 bits per heavy atom. The van der Waals surface area contributed by atoms with E-state index in [-0.39, 0.29) is 30.4 Å². The van der Waals surface area contributed by atoms with E-state index in [4.69, 9.17) is 14.2 Å². The van der Waals surface area contributed by atoms with Gasteiger partial charge in [-0.25, -0.2) is 4.98 Å². The highest BCUT2D eigenvalue weighted by molar-refractivity contribution is 8.00. The molecule has 0 fully saturated rings. The Morgan fingerprint density at radius 3 is 2.71 bits per heavy atom. The number of aryl methyl sites for hydroxylation is 1. The second kappa shape index (κ2) is 11.6. The van der Waals surface area contributed by atoms with Crippen molar-refractivity contribution in [1.82, 2.24) is 10.3 Å². The van der Waals surface area contributed by atoms with Gasteiger partial charge in [-0.1, -0.05) is 23.9 Å². The lowest BCUT2D eigenvalue weighted by molar-refractivity contribution is -0.113. The van der Waals surface area contributed by atoms with E-state index in [9.17, 15) is 9.59 Å². The molecule has 8 nitrogen and oxygen atoms in total. The fourth-order valence-electron chi connectivity index (χ4n) is 3.53. The Balaban J connectivity index is 1.28. The van der Waals surface area contributed by atoms with Crippen LogP contribution in [0.15, 0.2) is 65.8 Å². The number of ether oxygens (including phenoxy) is 3. The summed E-state index contributed by atoms with van der Waals surface area (Å²) < 4.78 is 15.8. The number of carbonyl (C=O) groups excluding carboxylic acids is 2. The predicted octanol–water partition coefficient (Wildman–Crippen LogP) is 4.30. The minimum absolute atomic E-state index is 0.0306. The molecule has 0 saturated carbocycles. The normalized spacial score (nSPS) is 12.6. The topological polar surface area (TPSA) is 98.8 Å². The van der Waals surface area contributed by atoms with Crippen molar-refractivity contribution in [2.45, 2.75) is 30.8 Å². The molecule has 1 aliphatic heterocycles. The summed E-state index contributed by atoms with van der Waals surface area (Å²) in [6.45, 7) is 2.15. The van der Waals surface area contributed by atoms with Crippen LogP contribution >= 0.6 is 11.8 Å². The third-order valence-corrected chi connectivity index (χ3v) is 6.42. The summed E-state index contributed by atoms with van der Waals surface area (Å²) in [6, 6.07) is 16.5. The zero-order valence-electron chi connectivity index (χ0n) is 19.6. The second-order valence-corrected chi connectivity index (χ2v) is 8.99. The van der Waals surface area contributed by atoms with Gasteiger partial charge in [0.2, 0.25) is 12.7 Å². The molecule has 2 N–H and O–H groups in total. The summed E-state index contributed by atoms with van der Waals surface area (Å²) in [4.78, 5) is 29.7. The number of pyridine rings is 1. The summed E-state index contributed by atoms with van der Waals surface area (Å²) in [5.41, 5.74) is 2.24. The molecule has 0 aliphatic carbocycles. The lowest BCUT2D eigenvalue weighted by Gasteiger charge is -2.15. The Bertz CT molecular complexity index is 1190. The Kier molecular flexibility index (Phi) is 8.10. The molecule has 4 rings (SSSR count). The minimum atomic E-state index is -0.210. The molecular weight excluding hydrogens is 466 g/mol. The quantitative estimate of drug-likeness (QED) is 0.406. The standard InChI is InChI=1S/C26H27N3O5S/c1-17(5-6-18-7-10-20(32-2)11-8-18)28-25(31)21-4-3-13-27-26(21)35-15-24(30)29-19-9-12-22-23(14-19)34-16-33-22/h3-4,7-14,17H,5-6,15-16H2,1-2H3,(H,28,31)(H,29,30). The first-order chi connectivity index (χ1) is 17.0. The van der Waals surface area contributed by atoms with E-state index in [1.165, 1.54) is 17.3 Å². The van der Waals surface area contributed by atoms with Crippen LogP contribution in [-0.4, -0.2) is 42.5 Å². The number of methoxy groups -OCH3 is 1. The van der Waals surface area contributed by atoms with Gasteiger partial charge in [-0.15, -0.1) is 0 Å². The SMILES string of the molecule is COc1ccc(CCC(C)NC(=O)c2cccnc2SCC(=O)Nc2ccc3c(c2)OCO3)cc1. The zero-order valence-corrected chi connectivity index (χ0v) is 20.4. The lowest BCUT2D eigenvalue weighted by atomic mass is 10.1. The van der Waals surface area contributed by atoms with Crippen LogP contribution in [0.1, 0.15) is 29.3 Å². The highest BCUT2D eigenvalue weighted by Gasteiger charge is 2.17. The number of aromatic nitrogens is 1. The van der Waals surface area contributed by atoms with Crippen LogP contribution < -0.4 is 24.8 Å². The van der Waals surface area contributed by atoms with E-state index in [2.05, 4.69) is 15.6 Å². The zero-order chi connectivity index (χ0) is 24.6. The molecule has 2 heterocycles. The van der Waals surface area contributed by atoms with E-state index >= 15 is 0 Å². The summed E-state index contributed by atoms with van der Waals surface area (Å²) in [6.07, 6.45) is 3.24. The van der Waals surface area contributed by atoms with Crippen LogP contribution in [0.25, 0.3) is 0 Å². The van der Waals surface area contributed by atoms with E-state index in [0.29, 0.717) is 27.8 Å². The number of carbonyl (C=O) groups is 2. The van der Waals surface area contributed by atoms with Gasteiger partial charge in [-0.05, 0) is 61.7 Å². The molecule has 0 radical (unpaired) electrons. The smallest absolute Gasteiger partial charge is 0.254 e. The lowest BCUT2D eigenvalue weighted by Crippen LogP contribution is -2.33. The Morgan fingerprint density at radius 1 is 1.11 bits per heavy atom. The number of nitrogens with one attached hydrogen (secondary N) is 2. The number of rotatable bonds is 10. The number of benzene rings is 2. The molecular formula is C26H27N3O5S. The molecule has 35 heavy (non-hydrogen) atoms. The minimum Gasteiger partial charge on any atom is -0.497 e. The molecule has 1 aliphatic rings. The van der Waals surface area contributed by atoms with Gasteiger partial charge in [0.05, 0.1) is 18.4 Å². The number of fused-ring (bicyclic) bond motifs is 1. The maximum Gasteiger partial charge on any atom is 0.254 e. The van der Waals surface area contributed by atoms with Crippen molar-refractivity contribution in [3.8, 4) is 17.2 Å². The van der Waals surface area contributed by atoms with Gasteiger partial charge in [-0.2, -0.15) is 0 Å². The first-order valence-corrected chi connectivity index (χ1v) is 12.2. The molecule has 0 bridgehead atoms. The molecule has 3 aromatic rings. The molecule has 1 unspecified atom stereocenters. The van der Waals surface area contributed by atoms with Crippen LogP contribution in [0.5, 0.6) is 17.2 Å².